The van der Waals surface area contributed by atoms with Gasteiger partial charge >= 0.3 is 0 Å². The van der Waals surface area contributed by atoms with Gasteiger partial charge in [-0.2, -0.15) is 0 Å². The van der Waals surface area contributed by atoms with Gasteiger partial charge in [-0.15, -0.1) is 0 Å². The Balaban J connectivity index is 1.73. The zero-order chi connectivity index (χ0) is 16.2. The highest BCUT2D eigenvalue weighted by atomic mass is 15.3. The molecular formula is C18H29N5. The number of likely N-dealkylation sites (tertiary alicyclic amines) is 1. The number of aryl methyl sites for hydroxylation is 1. The molecule has 0 spiro atoms. The van der Waals surface area contributed by atoms with Gasteiger partial charge in [-0.25, -0.2) is 9.98 Å². The number of anilines is 1. The van der Waals surface area contributed by atoms with Crippen LogP contribution in [0.1, 0.15) is 43.9 Å². The normalized spacial score (nSPS) is 22.7. The van der Waals surface area contributed by atoms with Crippen LogP contribution in [0.2, 0.25) is 0 Å². The predicted octanol–water partition coefficient (Wildman–Crippen LogP) is 2.54. The van der Waals surface area contributed by atoms with Gasteiger partial charge < -0.3 is 15.5 Å². The van der Waals surface area contributed by atoms with Crippen LogP contribution in [0.15, 0.2) is 17.1 Å². The molecule has 1 atom stereocenters. The van der Waals surface area contributed by atoms with Crippen LogP contribution in [0.4, 0.5) is 5.82 Å². The number of hydrogen-bond donors (Lipinski definition) is 1. The molecule has 126 valence electrons. The number of aromatic nitrogens is 1. The Morgan fingerprint density at radius 2 is 2.04 bits per heavy atom. The average molecular weight is 315 g/mol. The maximum absolute atomic E-state index is 6.23. The van der Waals surface area contributed by atoms with Crippen molar-refractivity contribution in [2.24, 2.45) is 16.6 Å². The average Bonchev–Trinajstić information content (AvgIpc) is 3.07. The van der Waals surface area contributed by atoms with Gasteiger partial charge in [0.15, 0.2) is 5.96 Å². The molecule has 3 heterocycles. The van der Waals surface area contributed by atoms with Crippen molar-refractivity contribution in [3.8, 4) is 0 Å². The lowest BCUT2D eigenvalue weighted by atomic mass is 10.0. The lowest BCUT2D eigenvalue weighted by Gasteiger charge is -2.31. The highest BCUT2D eigenvalue weighted by Gasteiger charge is 2.19. The Bertz CT molecular complexity index is 563. The standard InChI is InChI=1S/C18H29N5/c1-14-6-5-11-23(13-14)18(19)20-12-16-8-7-15(2)21-17(16)22-9-3-4-10-22/h7-8,14H,3-6,9-13H2,1-2H3,(H2,19,20). The van der Waals surface area contributed by atoms with Gasteiger partial charge in [0.25, 0.3) is 0 Å². The maximum Gasteiger partial charge on any atom is 0.191 e. The number of nitrogens with two attached hydrogens (primary N) is 1. The zero-order valence-electron chi connectivity index (χ0n) is 14.5. The van der Waals surface area contributed by atoms with Crippen LogP contribution in [-0.4, -0.2) is 42.0 Å². The second-order valence-electron chi connectivity index (χ2n) is 7.00. The summed E-state index contributed by atoms with van der Waals surface area (Å²) in [6, 6.07) is 4.23. The molecule has 1 unspecified atom stereocenters. The summed E-state index contributed by atoms with van der Waals surface area (Å²) in [5.74, 6) is 2.49. The number of rotatable bonds is 3. The molecule has 1 aromatic rings. The SMILES string of the molecule is Cc1ccc(CN=C(N)N2CCCC(C)C2)c(N2CCCC2)n1. The Morgan fingerprint density at radius 1 is 1.26 bits per heavy atom. The van der Waals surface area contributed by atoms with E-state index in [4.69, 9.17) is 10.7 Å². The third kappa shape index (κ3) is 3.95. The van der Waals surface area contributed by atoms with E-state index in [1.54, 1.807) is 0 Å². The summed E-state index contributed by atoms with van der Waals surface area (Å²) in [5.41, 5.74) is 8.49. The number of guanidine groups is 1. The number of piperidine rings is 1. The van der Waals surface area contributed by atoms with Crippen LogP contribution < -0.4 is 10.6 Å². The molecule has 2 N–H and O–H groups in total. The fourth-order valence-electron chi connectivity index (χ4n) is 3.56. The van der Waals surface area contributed by atoms with Crippen LogP contribution in [0.25, 0.3) is 0 Å². The van der Waals surface area contributed by atoms with E-state index in [0.717, 1.165) is 37.7 Å². The Hall–Kier alpha value is -1.78. The molecular weight excluding hydrogens is 286 g/mol. The fourth-order valence-corrected chi connectivity index (χ4v) is 3.56. The van der Waals surface area contributed by atoms with Gasteiger partial charge in [-0.1, -0.05) is 13.0 Å². The van der Waals surface area contributed by atoms with E-state index >= 15 is 0 Å². The Morgan fingerprint density at radius 3 is 2.78 bits per heavy atom. The summed E-state index contributed by atoms with van der Waals surface area (Å²) in [6.45, 7) is 9.23. The van der Waals surface area contributed by atoms with Gasteiger partial charge in [0, 0.05) is 37.4 Å². The quantitative estimate of drug-likeness (QED) is 0.688. The second-order valence-corrected chi connectivity index (χ2v) is 7.00. The topological polar surface area (TPSA) is 57.8 Å². The number of nitrogens with zero attached hydrogens (tertiary/aromatic N) is 4. The minimum atomic E-state index is 0.621. The lowest BCUT2D eigenvalue weighted by molar-refractivity contribution is 0.270. The molecule has 0 aliphatic carbocycles. The molecule has 2 saturated heterocycles. The molecule has 2 aliphatic heterocycles. The van der Waals surface area contributed by atoms with Crippen LogP contribution in [0.3, 0.4) is 0 Å². The van der Waals surface area contributed by atoms with Crippen molar-refractivity contribution >= 4 is 11.8 Å². The van der Waals surface area contributed by atoms with E-state index in [2.05, 4.69) is 40.8 Å². The molecule has 5 nitrogen and oxygen atoms in total. The largest absolute Gasteiger partial charge is 0.370 e. The van der Waals surface area contributed by atoms with Crippen molar-refractivity contribution in [2.75, 3.05) is 31.1 Å². The summed E-state index contributed by atoms with van der Waals surface area (Å²) in [4.78, 5) is 14.0. The molecule has 0 aromatic carbocycles. The van der Waals surface area contributed by atoms with Crippen molar-refractivity contribution < 1.29 is 0 Å². The Kier molecular flexibility index (Phi) is 5.03. The first-order valence-electron chi connectivity index (χ1n) is 8.90. The van der Waals surface area contributed by atoms with E-state index in [-0.39, 0.29) is 0 Å². The molecule has 23 heavy (non-hydrogen) atoms. The van der Waals surface area contributed by atoms with E-state index in [9.17, 15) is 0 Å². The molecule has 0 radical (unpaired) electrons. The minimum Gasteiger partial charge on any atom is -0.370 e. The van der Waals surface area contributed by atoms with Crippen molar-refractivity contribution in [2.45, 2.75) is 46.1 Å². The molecule has 5 heteroatoms. The molecule has 0 saturated carbocycles. The molecule has 1 aromatic heterocycles. The van der Waals surface area contributed by atoms with Gasteiger partial charge in [-0.3, -0.25) is 0 Å². The molecule has 0 amide bonds. The number of aliphatic imine (C=N–C) groups is 1. The van der Waals surface area contributed by atoms with Crippen molar-refractivity contribution in [1.29, 1.82) is 0 Å². The van der Waals surface area contributed by atoms with Crippen molar-refractivity contribution in [3.05, 3.63) is 23.4 Å². The van der Waals surface area contributed by atoms with Gasteiger partial charge in [0.2, 0.25) is 0 Å². The van der Waals surface area contributed by atoms with Crippen LogP contribution in [-0.2, 0) is 6.54 Å². The van der Waals surface area contributed by atoms with Crippen LogP contribution in [0.5, 0.6) is 0 Å². The van der Waals surface area contributed by atoms with Gasteiger partial charge in [0.05, 0.1) is 6.54 Å². The summed E-state index contributed by atoms with van der Waals surface area (Å²) in [5, 5.41) is 0. The highest BCUT2D eigenvalue weighted by molar-refractivity contribution is 5.78. The number of hydrogen-bond acceptors (Lipinski definition) is 3. The van der Waals surface area contributed by atoms with E-state index in [1.807, 2.05) is 0 Å². The van der Waals surface area contributed by atoms with E-state index < -0.39 is 0 Å². The predicted molar refractivity (Wildman–Crippen MR) is 95.7 cm³/mol. The molecule has 0 bridgehead atoms. The first-order valence-corrected chi connectivity index (χ1v) is 8.90. The van der Waals surface area contributed by atoms with E-state index in [1.165, 1.54) is 31.2 Å². The van der Waals surface area contributed by atoms with Gasteiger partial charge in [-0.05, 0) is 44.6 Å². The highest BCUT2D eigenvalue weighted by Crippen LogP contribution is 2.24. The summed E-state index contributed by atoms with van der Waals surface area (Å²) < 4.78 is 0. The van der Waals surface area contributed by atoms with Crippen LogP contribution >= 0.6 is 0 Å². The monoisotopic (exact) mass is 315 g/mol. The van der Waals surface area contributed by atoms with Crippen molar-refractivity contribution in [1.82, 2.24) is 9.88 Å². The van der Waals surface area contributed by atoms with Crippen LogP contribution in [0, 0.1) is 12.8 Å². The molecule has 2 aliphatic rings. The third-order valence-electron chi connectivity index (χ3n) is 4.89. The van der Waals surface area contributed by atoms with Crippen molar-refractivity contribution in [3.63, 3.8) is 0 Å². The fraction of sp³-hybridized carbons (Fsp3) is 0.667. The zero-order valence-corrected chi connectivity index (χ0v) is 14.5. The molecule has 2 fully saturated rings. The smallest absolute Gasteiger partial charge is 0.191 e. The summed E-state index contributed by atoms with van der Waals surface area (Å²) in [6.07, 6.45) is 5.02. The summed E-state index contributed by atoms with van der Waals surface area (Å²) in [7, 11) is 0. The summed E-state index contributed by atoms with van der Waals surface area (Å²) >= 11 is 0. The first-order chi connectivity index (χ1) is 11.1. The molecule has 3 rings (SSSR count). The second kappa shape index (κ2) is 7.20. The Labute approximate surface area is 139 Å². The third-order valence-corrected chi connectivity index (χ3v) is 4.89. The number of pyridine rings is 1. The minimum absolute atomic E-state index is 0.621. The first kappa shape index (κ1) is 16.1. The lowest BCUT2D eigenvalue weighted by Crippen LogP contribution is -2.43. The van der Waals surface area contributed by atoms with E-state index in [0.29, 0.717) is 18.4 Å². The van der Waals surface area contributed by atoms with Gasteiger partial charge in [0.1, 0.15) is 5.82 Å². The maximum atomic E-state index is 6.23.